The first kappa shape index (κ1) is 13.1. The molecule has 104 valence electrons. The van der Waals surface area contributed by atoms with Crippen molar-refractivity contribution >= 4 is 22.5 Å². The van der Waals surface area contributed by atoms with E-state index in [0.717, 1.165) is 16.6 Å². The normalized spacial score (nSPS) is 10.3. The summed E-state index contributed by atoms with van der Waals surface area (Å²) < 4.78 is 0. The molecule has 1 aromatic heterocycles. The number of aryl methyl sites for hydroxylation is 1. The van der Waals surface area contributed by atoms with Gasteiger partial charge < -0.3 is 0 Å². The van der Waals surface area contributed by atoms with Gasteiger partial charge in [0.15, 0.2) is 0 Å². The van der Waals surface area contributed by atoms with Crippen LogP contribution >= 0.6 is 0 Å². The van der Waals surface area contributed by atoms with E-state index in [1.807, 2.05) is 61.5 Å². The van der Waals surface area contributed by atoms with E-state index in [1.165, 1.54) is 5.56 Å². The Morgan fingerprint density at radius 1 is 0.952 bits per heavy atom. The number of hydrogen-bond acceptors (Lipinski definition) is 3. The van der Waals surface area contributed by atoms with Crippen molar-refractivity contribution in [2.75, 3.05) is 5.43 Å². The molecule has 0 fully saturated rings. The first-order chi connectivity index (χ1) is 10.2. The van der Waals surface area contributed by atoms with Crippen LogP contribution < -0.4 is 10.9 Å². The Kier molecular flexibility index (Phi) is 3.51. The molecule has 0 spiro atoms. The van der Waals surface area contributed by atoms with Crippen LogP contribution in [-0.4, -0.2) is 10.9 Å². The first-order valence-corrected chi connectivity index (χ1v) is 6.71. The molecule has 4 nitrogen and oxygen atoms in total. The molecule has 2 N–H and O–H groups in total. The standard InChI is InChI=1S/C17H15N3O/c1-12-6-9-14(10-7-12)19-20-17(21)16-11-8-13-4-2-3-5-15(13)18-16/h2-11,19H,1H3,(H,20,21). The number of aromatic nitrogens is 1. The zero-order chi connectivity index (χ0) is 14.7. The Hall–Kier alpha value is -2.88. The summed E-state index contributed by atoms with van der Waals surface area (Å²) in [6.45, 7) is 2.02. The van der Waals surface area contributed by atoms with Gasteiger partial charge in [0.2, 0.25) is 0 Å². The average Bonchev–Trinajstić information content (AvgIpc) is 2.53. The van der Waals surface area contributed by atoms with Crippen LogP contribution in [0.3, 0.4) is 0 Å². The van der Waals surface area contributed by atoms with Crippen molar-refractivity contribution in [3.63, 3.8) is 0 Å². The van der Waals surface area contributed by atoms with Crippen LogP contribution in [0.2, 0.25) is 0 Å². The maximum absolute atomic E-state index is 12.1. The van der Waals surface area contributed by atoms with E-state index in [2.05, 4.69) is 15.8 Å². The molecule has 0 unspecified atom stereocenters. The topological polar surface area (TPSA) is 54.0 Å². The second kappa shape index (κ2) is 5.63. The highest BCUT2D eigenvalue weighted by molar-refractivity contribution is 5.95. The fraction of sp³-hybridized carbons (Fsp3) is 0.0588. The van der Waals surface area contributed by atoms with Crippen LogP contribution in [0.1, 0.15) is 16.1 Å². The number of carbonyl (C=O) groups excluding carboxylic acids is 1. The Labute approximate surface area is 122 Å². The van der Waals surface area contributed by atoms with Gasteiger partial charge in [-0.25, -0.2) is 4.98 Å². The van der Waals surface area contributed by atoms with Crippen LogP contribution in [0, 0.1) is 6.92 Å². The SMILES string of the molecule is Cc1ccc(NNC(=O)c2ccc3ccccc3n2)cc1. The van der Waals surface area contributed by atoms with E-state index in [-0.39, 0.29) is 5.91 Å². The smallest absolute Gasteiger partial charge is 0.288 e. The summed E-state index contributed by atoms with van der Waals surface area (Å²) in [5.41, 5.74) is 8.71. The van der Waals surface area contributed by atoms with Crippen LogP contribution in [-0.2, 0) is 0 Å². The maximum atomic E-state index is 12.1. The van der Waals surface area contributed by atoms with Crippen molar-refractivity contribution in [2.24, 2.45) is 0 Å². The van der Waals surface area contributed by atoms with Crippen LogP contribution in [0.4, 0.5) is 5.69 Å². The second-order valence-electron chi connectivity index (χ2n) is 4.83. The number of fused-ring (bicyclic) bond motifs is 1. The molecule has 0 saturated heterocycles. The van der Waals surface area contributed by atoms with Gasteiger partial charge in [0.1, 0.15) is 5.69 Å². The number of amides is 1. The summed E-state index contributed by atoms with van der Waals surface area (Å²) >= 11 is 0. The summed E-state index contributed by atoms with van der Waals surface area (Å²) in [6.07, 6.45) is 0. The molecule has 4 heteroatoms. The molecule has 3 rings (SSSR count). The quantitative estimate of drug-likeness (QED) is 0.722. The Bertz CT molecular complexity index is 781. The van der Waals surface area contributed by atoms with Crippen molar-refractivity contribution in [1.29, 1.82) is 0 Å². The summed E-state index contributed by atoms with van der Waals surface area (Å²) in [7, 11) is 0. The Balaban J connectivity index is 1.73. The first-order valence-electron chi connectivity index (χ1n) is 6.71. The Morgan fingerprint density at radius 2 is 1.71 bits per heavy atom. The lowest BCUT2D eigenvalue weighted by Crippen LogP contribution is -2.30. The molecule has 0 aliphatic carbocycles. The fourth-order valence-corrected chi connectivity index (χ4v) is 2.02. The number of para-hydroxylation sites is 1. The van der Waals surface area contributed by atoms with Gasteiger partial charge in [-0.1, -0.05) is 42.0 Å². The molecule has 3 aromatic rings. The van der Waals surface area contributed by atoms with E-state index in [0.29, 0.717) is 5.69 Å². The Morgan fingerprint density at radius 3 is 2.52 bits per heavy atom. The lowest BCUT2D eigenvalue weighted by molar-refractivity contribution is 0.0958. The molecule has 0 aliphatic rings. The molecular formula is C17H15N3O. The number of pyridine rings is 1. The third kappa shape index (κ3) is 3.00. The molecule has 2 aromatic carbocycles. The number of carbonyl (C=O) groups is 1. The molecule has 0 bridgehead atoms. The highest BCUT2D eigenvalue weighted by atomic mass is 16.2. The highest BCUT2D eigenvalue weighted by Gasteiger charge is 2.07. The second-order valence-corrected chi connectivity index (χ2v) is 4.83. The predicted molar refractivity (Wildman–Crippen MR) is 84.0 cm³/mol. The molecule has 21 heavy (non-hydrogen) atoms. The zero-order valence-corrected chi connectivity index (χ0v) is 11.6. The third-order valence-electron chi connectivity index (χ3n) is 3.20. The van der Waals surface area contributed by atoms with Crippen molar-refractivity contribution in [2.45, 2.75) is 6.92 Å². The summed E-state index contributed by atoms with van der Waals surface area (Å²) in [6, 6.07) is 19.1. The number of hydrogen-bond donors (Lipinski definition) is 2. The molecule has 0 atom stereocenters. The van der Waals surface area contributed by atoms with Gasteiger partial charge >= 0.3 is 0 Å². The van der Waals surface area contributed by atoms with Gasteiger partial charge in [0.05, 0.1) is 11.2 Å². The monoisotopic (exact) mass is 277 g/mol. The van der Waals surface area contributed by atoms with Crippen LogP contribution in [0.15, 0.2) is 60.7 Å². The van der Waals surface area contributed by atoms with Crippen molar-refractivity contribution < 1.29 is 4.79 Å². The summed E-state index contributed by atoms with van der Waals surface area (Å²) in [5.74, 6) is -0.263. The molecule has 0 aliphatic heterocycles. The van der Waals surface area contributed by atoms with Crippen molar-refractivity contribution in [3.8, 4) is 0 Å². The molecule has 1 amide bonds. The van der Waals surface area contributed by atoms with E-state index >= 15 is 0 Å². The van der Waals surface area contributed by atoms with Crippen molar-refractivity contribution in [3.05, 3.63) is 71.9 Å². The number of nitrogens with one attached hydrogen (secondary N) is 2. The van der Waals surface area contributed by atoms with Crippen molar-refractivity contribution in [1.82, 2.24) is 10.4 Å². The average molecular weight is 277 g/mol. The van der Waals surface area contributed by atoms with Gasteiger partial charge in [-0.15, -0.1) is 0 Å². The van der Waals surface area contributed by atoms with E-state index in [1.54, 1.807) is 6.07 Å². The fourth-order valence-electron chi connectivity index (χ4n) is 2.02. The lowest BCUT2D eigenvalue weighted by Gasteiger charge is -2.08. The minimum Gasteiger partial charge on any atom is -0.298 e. The van der Waals surface area contributed by atoms with E-state index in [9.17, 15) is 4.79 Å². The van der Waals surface area contributed by atoms with E-state index < -0.39 is 0 Å². The van der Waals surface area contributed by atoms with E-state index in [4.69, 9.17) is 0 Å². The number of hydrazine groups is 1. The van der Waals surface area contributed by atoms with Crippen LogP contribution in [0.5, 0.6) is 0 Å². The molecule has 1 heterocycles. The maximum Gasteiger partial charge on any atom is 0.288 e. The molecular weight excluding hydrogens is 262 g/mol. The number of rotatable bonds is 3. The number of nitrogens with zero attached hydrogens (tertiary/aromatic N) is 1. The van der Waals surface area contributed by atoms with Gasteiger partial charge in [0, 0.05) is 5.39 Å². The number of anilines is 1. The molecule has 0 saturated carbocycles. The van der Waals surface area contributed by atoms with Gasteiger partial charge in [-0.2, -0.15) is 0 Å². The lowest BCUT2D eigenvalue weighted by atomic mass is 10.2. The minimum absolute atomic E-state index is 0.263. The van der Waals surface area contributed by atoms with Gasteiger partial charge in [-0.3, -0.25) is 15.6 Å². The third-order valence-corrected chi connectivity index (χ3v) is 3.20. The minimum atomic E-state index is -0.263. The predicted octanol–water partition coefficient (Wildman–Crippen LogP) is 3.30. The number of benzene rings is 2. The largest absolute Gasteiger partial charge is 0.298 e. The van der Waals surface area contributed by atoms with Gasteiger partial charge in [0.25, 0.3) is 5.91 Å². The van der Waals surface area contributed by atoms with Crippen LogP contribution in [0.25, 0.3) is 10.9 Å². The highest BCUT2D eigenvalue weighted by Crippen LogP contribution is 2.12. The van der Waals surface area contributed by atoms with Gasteiger partial charge in [-0.05, 0) is 31.2 Å². The summed E-state index contributed by atoms with van der Waals surface area (Å²) in [5, 5.41) is 1.01. The molecule has 0 radical (unpaired) electrons. The zero-order valence-electron chi connectivity index (χ0n) is 11.6. The summed E-state index contributed by atoms with van der Waals surface area (Å²) in [4.78, 5) is 16.4.